The Hall–Kier alpha value is -1.64. The molecule has 0 aliphatic heterocycles. The first-order chi connectivity index (χ1) is 14.0. The van der Waals surface area contributed by atoms with Crippen LogP contribution in [0.25, 0.3) is 0 Å². The van der Waals surface area contributed by atoms with Gasteiger partial charge in [0, 0.05) is 30.3 Å². The van der Waals surface area contributed by atoms with Gasteiger partial charge in [-0.3, -0.25) is 29.5 Å². The number of nitrogens with zero attached hydrogens (tertiary/aromatic N) is 3. The number of hydrogen-bond donors (Lipinski definition) is 3. The van der Waals surface area contributed by atoms with Gasteiger partial charge in [-0.05, 0) is 12.5 Å². The first-order valence-electron chi connectivity index (χ1n) is 8.33. The summed E-state index contributed by atoms with van der Waals surface area (Å²) in [5.74, 6) is -0.855. The minimum Gasteiger partial charge on any atom is -0.364 e. The molecule has 1 rings (SSSR count). The number of nitro benzene ring substituents is 2. The highest BCUT2D eigenvalue weighted by Crippen LogP contribution is 2.36. The Bertz CT molecular complexity index is 830. The molecule has 13 nitrogen and oxygen atoms in total. The predicted octanol–water partition coefficient (Wildman–Crippen LogP) is 2.33. The number of phosphoric acid groups is 1. The predicted molar refractivity (Wildman–Crippen MR) is 114 cm³/mol. The first kappa shape index (κ1) is 26.4. The molecular formula is C14H19Br2N4O9P. The lowest BCUT2D eigenvalue weighted by molar-refractivity contribution is -0.393. The molecule has 1 aromatic carbocycles. The van der Waals surface area contributed by atoms with Crippen LogP contribution >= 0.6 is 39.7 Å². The highest BCUT2D eigenvalue weighted by atomic mass is 79.9. The summed E-state index contributed by atoms with van der Waals surface area (Å²) in [7, 11) is -4.63. The van der Waals surface area contributed by atoms with Crippen molar-refractivity contribution in [2.75, 3.05) is 41.8 Å². The number of amides is 1. The largest absolute Gasteiger partial charge is 0.469 e. The second-order valence-corrected chi connectivity index (χ2v) is 8.50. The van der Waals surface area contributed by atoms with Gasteiger partial charge in [0.15, 0.2) is 0 Å². The van der Waals surface area contributed by atoms with E-state index in [4.69, 9.17) is 9.79 Å². The van der Waals surface area contributed by atoms with E-state index in [1.54, 1.807) is 4.90 Å². The van der Waals surface area contributed by atoms with E-state index < -0.39 is 35.0 Å². The molecule has 1 amide bonds. The molecule has 16 heteroatoms. The smallest absolute Gasteiger partial charge is 0.364 e. The van der Waals surface area contributed by atoms with Gasteiger partial charge < -0.3 is 20.0 Å². The fourth-order valence-electron chi connectivity index (χ4n) is 2.41. The number of nitrogens with one attached hydrogen (secondary N) is 1. The van der Waals surface area contributed by atoms with Crippen molar-refractivity contribution >= 4 is 62.7 Å². The number of carbonyl (C=O) groups is 1. The minimum atomic E-state index is -4.63. The van der Waals surface area contributed by atoms with Gasteiger partial charge in [-0.1, -0.05) is 31.9 Å². The number of halogens is 2. The average molecular weight is 578 g/mol. The van der Waals surface area contributed by atoms with Crippen molar-refractivity contribution in [1.29, 1.82) is 0 Å². The van der Waals surface area contributed by atoms with E-state index in [-0.39, 0.29) is 30.8 Å². The van der Waals surface area contributed by atoms with Crippen LogP contribution in [0.1, 0.15) is 16.8 Å². The van der Waals surface area contributed by atoms with Crippen molar-refractivity contribution < 1.29 is 33.5 Å². The maximum Gasteiger partial charge on any atom is 0.469 e. The highest BCUT2D eigenvalue weighted by Gasteiger charge is 2.30. The molecule has 30 heavy (non-hydrogen) atoms. The Morgan fingerprint density at radius 2 is 1.70 bits per heavy atom. The number of benzene rings is 1. The van der Waals surface area contributed by atoms with Gasteiger partial charge in [0.1, 0.15) is 11.3 Å². The van der Waals surface area contributed by atoms with Gasteiger partial charge in [-0.15, -0.1) is 0 Å². The van der Waals surface area contributed by atoms with Crippen LogP contribution in [0.4, 0.5) is 17.1 Å². The van der Waals surface area contributed by atoms with E-state index in [1.807, 2.05) is 0 Å². The van der Waals surface area contributed by atoms with Crippen molar-refractivity contribution in [2.45, 2.75) is 6.42 Å². The molecule has 3 N–H and O–H groups in total. The number of anilines is 1. The molecule has 0 saturated carbocycles. The van der Waals surface area contributed by atoms with E-state index in [0.29, 0.717) is 23.7 Å². The second-order valence-electron chi connectivity index (χ2n) is 5.67. The fourth-order valence-corrected chi connectivity index (χ4v) is 3.63. The van der Waals surface area contributed by atoms with Crippen LogP contribution in [0.5, 0.6) is 0 Å². The van der Waals surface area contributed by atoms with Gasteiger partial charge >= 0.3 is 7.82 Å². The number of phosphoric ester groups is 1. The van der Waals surface area contributed by atoms with E-state index in [2.05, 4.69) is 41.7 Å². The zero-order valence-electron chi connectivity index (χ0n) is 15.4. The topological polar surface area (TPSA) is 185 Å². The molecular weight excluding hydrogens is 559 g/mol. The maximum absolute atomic E-state index is 12.5. The molecule has 0 unspecified atom stereocenters. The van der Waals surface area contributed by atoms with Gasteiger partial charge in [0.2, 0.25) is 0 Å². The molecule has 0 heterocycles. The number of rotatable bonds is 13. The first-order valence-corrected chi connectivity index (χ1v) is 12.1. The van der Waals surface area contributed by atoms with E-state index >= 15 is 0 Å². The molecule has 0 bridgehead atoms. The van der Waals surface area contributed by atoms with Crippen LogP contribution in [0.15, 0.2) is 12.1 Å². The second kappa shape index (κ2) is 12.3. The normalized spacial score (nSPS) is 11.2. The molecule has 1 aromatic rings. The fraction of sp³-hybridized carbons (Fsp3) is 0.500. The summed E-state index contributed by atoms with van der Waals surface area (Å²) in [6.07, 6.45) is 0.0315. The molecule has 0 saturated heterocycles. The summed E-state index contributed by atoms with van der Waals surface area (Å²) >= 11 is 6.49. The summed E-state index contributed by atoms with van der Waals surface area (Å²) in [6.45, 7) is 0.271. The highest BCUT2D eigenvalue weighted by molar-refractivity contribution is 9.09. The summed E-state index contributed by atoms with van der Waals surface area (Å²) in [5, 5.41) is 26.2. The number of hydrogen-bond acceptors (Lipinski definition) is 8. The molecule has 0 atom stereocenters. The molecule has 0 aliphatic rings. The molecule has 0 aliphatic carbocycles. The zero-order chi connectivity index (χ0) is 22.9. The van der Waals surface area contributed by atoms with Crippen molar-refractivity contribution in [3.63, 3.8) is 0 Å². The van der Waals surface area contributed by atoms with Gasteiger partial charge in [-0.2, -0.15) is 0 Å². The Morgan fingerprint density at radius 1 is 1.13 bits per heavy atom. The Kier molecular flexibility index (Phi) is 10.8. The Morgan fingerprint density at radius 3 is 2.17 bits per heavy atom. The quantitative estimate of drug-likeness (QED) is 0.103. The van der Waals surface area contributed by atoms with Gasteiger partial charge in [0.25, 0.3) is 17.3 Å². The molecule has 0 radical (unpaired) electrons. The van der Waals surface area contributed by atoms with E-state index in [1.165, 1.54) is 0 Å². The van der Waals surface area contributed by atoms with Crippen LogP contribution in [0.3, 0.4) is 0 Å². The Labute approximate surface area is 187 Å². The number of nitro groups is 2. The minimum absolute atomic E-state index is 0.0315. The monoisotopic (exact) mass is 576 g/mol. The van der Waals surface area contributed by atoms with Gasteiger partial charge in [0.05, 0.1) is 22.5 Å². The molecule has 0 spiro atoms. The molecule has 0 fully saturated rings. The van der Waals surface area contributed by atoms with Gasteiger partial charge in [-0.25, -0.2) is 4.57 Å². The SMILES string of the molecule is O=C(NCCCOP(=O)(O)O)c1cc(N(CCBr)CCBr)c([N+](=O)[O-])cc1[N+](=O)[O-]. The molecule has 168 valence electrons. The maximum atomic E-state index is 12.5. The third kappa shape index (κ3) is 8.24. The zero-order valence-corrected chi connectivity index (χ0v) is 19.5. The average Bonchev–Trinajstić information content (AvgIpc) is 2.65. The standard InChI is InChI=1S/C14H19Br2N4O9P/c15-2-5-18(6-3-16)12-8-10(11(19(22)23)9-13(12)20(24)25)14(21)17-4-1-7-29-30(26,27)28/h8-9H,1-7H2,(H,17,21)(H2,26,27,28). The van der Waals surface area contributed by atoms with Crippen LogP contribution in [-0.4, -0.2) is 62.4 Å². The number of carbonyl (C=O) groups excluding carboxylic acids is 1. The Balaban J connectivity index is 3.20. The lowest BCUT2D eigenvalue weighted by Crippen LogP contribution is -2.30. The van der Waals surface area contributed by atoms with Crippen LogP contribution in [-0.2, 0) is 9.09 Å². The summed E-state index contributed by atoms with van der Waals surface area (Å²) < 4.78 is 14.8. The lowest BCUT2D eigenvalue weighted by atomic mass is 10.1. The van der Waals surface area contributed by atoms with Crippen molar-refractivity contribution in [3.8, 4) is 0 Å². The summed E-state index contributed by atoms with van der Waals surface area (Å²) in [4.78, 5) is 52.5. The van der Waals surface area contributed by atoms with Crippen molar-refractivity contribution in [2.24, 2.45) is 0 Å². The lowest BCUT2D eigenvalue weighted by Gasteiger charge is -2.23. The van der Waals surface area contributed by atoms with E-state index in [0.717, 1.165) is 12.1 Å². The van der Waals surface area contributed by atoms with E-state index in [9.17, 15) is 29.6 Å². The summed E-state index contributed by atoms with van der Waals surface area (Å²) in [6, 6.07) is 1.85. The third-order valence-electron chi connectivity index (χ3n) is 3.65. The summed E-state index contributed by atoms with van der Waals surface area (Å²) in [5.41, 5.74) is -1.55. The molecule has 0 aromatic heterocycles. The van der Waals surface area contributed by atoms with Crippen molar-refractivity contribution in [3.05, 3.63) is 37.9 Å². The van der Waals surface area contributed by atoms with Crippen molar-refractivity contribution in [1.82, 2.24) is 5.32 Å². The third-order valence-corrected chi connectivity index (χ3v) is 4.87. The number of alkyl halides is 2. The van der Waals surface area contributed by atoms with Crippen LogP contribution in [0, 0.1) is 20.2 Å². The van der Waals surface area contributed by atoms with Crippen LogP contribution in [0.2, 0.25) is 0 Å². The van der Waals surface area contributed by atoms with Crippen LogP contribution < -0.4 is 10.2 Å².